The Morgan fingerprint density at radius 1 is 1.14 bits per heavy atom. The fraction of sp³-hybridized carbons (Fsp3) is 0.632. The third-order valence-electron chi connectivity index (χ3n) is 5.48. The van der Waals surface area contributed by atoms with Crippen molar-refractivity contribution in [3.05, 3.63) is 34.9 Å². The van der Waals surface area contributed by atoms with Crippen LogP contribution in [0.2, 0.25) is 0 Å². The van der Waals surface area contributed by atoms with E-state index in [-0.39, 0.29) is 11.9 Å². The number of rotatable bonds is 3. The molecule has 2 nitrogen and oxygen atoms in total. The van der Waals surface area contributed by atoms with Crippen LogP contribution in [0.25, 0.3) is 0 Å². The minimum atomic E-state index is -0.201. The van der Waals surface area contributed by atoms with Crippen molar-refractivity contribution in [2.24, 2.45) is 11.8 Å². The number of aliphatic hydroxyl groups is 1. The van der Waals surface area contributed by atoms with Crippen LogP contribution in [-0.4, -0.2) is 17.0 Å². The van der Waals surface area contributed by atoms with E-state index in [4.69, 9.17) is 0 Å². The molecule has 1 aromatic rings. The van der Waals surface area contributed by atoms with Crippen LogP contribution in [0.15, 0.2) is 18.2 Å². The second kappa shape index (κ2) is 6.31. The third-order valence-corrected chi connectivity index (χ3v) is 5.48. The summed E-state index contributed by atoms with van der Waals surface area (Å²) >= 11 is 0. The van der Waals surface area contributed by atoms with Crippen LogP contribution in [0.1, 0.15) is 66.9 Å². The molecule has 0 bridgehead atoms. The Morgan fingerprint density at radius 3 is 2.62 bits per heavy atom. The third kappa shape index (κ3) is 3.06. The number of ketones is 1. The van der Waals surface area contributed by atoms with Crippen molar-refractivity contribution >= 4 is 5.78 Å². The first-order valence-corrected chi connectivity index (χ1v) is 8.52. The summed E-state index contributed by atoms with van der Waals surface area (Å²) in [4.78, 5) is 11.9. The van der Waals surface area contributed by atoms with Gasteiger partial charge in [-0.3, -0.25) is 4.79 Å². The first kappa shape index (κ1) is 14.8. The number of aliphatic hydroxyl groups excluding tert-OH is 1. The molecule has 1 N–H and O–H groups in total. The Kier molecular flexibility index (Phi) is 4.44. The minimum Gasteiger partial charge on any atom is -0.392 e. The van der Waals surface area contributed by atoms with Gasteiger partial charge in [-0.15, -0.1) is 0 Å². The van der Waals surface area contributed by atoms with Crippen LogP contribution in [0.4, 0.5) is 0 Å². The molecule has 2 atom stereocenters. The van der Waals surface area contributed by atoms with Crippen molar-refractivity contribution in [1.29, 1.82) is 0 Å². The van der Waals surface area contributed by atoms with Crippen LogP contribution in [0.5, 0.6) is 0 Å². The molecule has 2 heteroatoms. The summed E-state index contributed by atoms with van der Waals surface area (Å²) in [6.07, 6.45) is 8.59. The number of fused-ring (bicyclic) bond motifs is 1. The summed E-state index contributed by atoms with van der Waals surface area (Å²) in [5.74, 6) is 1.29. The molecule has 0 amide bonds. The molecule has 0 aromatic heterocycles. The lowest BCUT2D eigenvalue weighted by molar-refractivity contribution is 0.0513. The summed E-state index contributed by atoms with van der Waals surface area (Å²) < 4.78 is 0. The average Bonchev–Trinajstić information content (AvgIpc) is 2.54. The van der Waals surface area contributed by atoms with E-state index in [2.05, 4.69) is 12.1 Å². The molecule has 21 heavy (non-hydrogen) atoms. The Hall–Kier alpha value is -1.15. The fourth-order valence-electron chi connectivity index (χ4n) is 4.20. The first-order valence-electron chi connectivity index (χ1n) is 8.52. The van der Waals surface area contributed by atoms with E-state index in [1.165, 1.54) is 43.2 Å². The van der Waals surface area contributed by atoms with Crippen molar-refractivity contribution in [2.45, 2.75) is 64.4 Å². The largest absolute Gasteiger partial charge is 0.392 e. The maximum atomic E-state index is 11.9. The van der Waals surface area contributed by atoms with E-state index in [1.54, 1.807) is 0 Å². The van der Waals surface area contributed by atoms with Crippen molar-refractivity contribution in [1.82, 2.24) is 0 Å². The van der Waals surface area contributed by atoms with Gasteiger partial charge in [0.1, 0.15) is 0 Å². The number of hydrogen-bond donors (Lipinski definition) is 1. The number of benzene rings is 1. The van der Waals surface area contributed by atoms with E-state index in [0.29, 0.717) is 18.3 Å². The van der Waals surface area contributed by atoms with Gasteiger partial charge in [0.15, 0.2) is 5.78 Å². The predicted molar refractivity (Wildman–Crippen MR) is 84.5 cm³/mol. The molecule has 0 radical (unpaired) electrons. The Bertz CT molecular complexity index is 514. The average molecular weight is 286 g/mol. The molecule has 0 saturated heterocycles. The van der Waals surface area contributed by atoms with Gasteiger partial charge < -0.3 is 5.11 Å². The first-order chi connectivity index (χ1) is 10.2. The van der Waals surface area contributed by atoms with Gasteiger partial charge in [-0.25, -0.2) is 0 Å². The van der Waals surface area contributed by atoms with E-state index in [0.717, 1.165) is 18.4 Å². The number of carbonyl (C=O) groups excluding carboxylic acids is 1. The topological polar surface area (TPSA) is 37.3 Å². The highest BCUT2D eigenvalue weighted by molar-refractivity contribution is 5.96. The van der Waals surface area contributed by atoms with E-state index in [9.17, 15) is 9.90 Å². The maximum absolute atomic E-state index is 11.9. The zero-order valence-electron chi connectivity index (χ0n) is 13.0. The van der Waals surface area contributed by atoms with E-state index >= 15 is 0 Å². The Balaban J connectivity index is 1.82. The van der Waals surface area contributed by atoms with Gasteiger partial charge in [-0.2, -0.15) is 0 Å². The molecule has 0 spiro atoms. The molecular formula is C19H26O2. The Morgan fingerprint density at radius 2 is 1.90 bits per heavy atom. The Labute approximate surface area is 127 Å². The molecule has 0 aliphatic heterocycles. The number of hydrogen-bond acceptors (Lipinski definition) is 2. The summed E-state index contributed by atoms with van der Waals surface area (Å²) in [6.45, 7) is 1.91. The van der Waals surface area contributed by atoms with Gasteiger partial charge in [0.2, 0.25) is 0 Å². The molecule has 2 aliphatic rings. The summed E-state index contributed by atoms with van der Waals surface area (Å²) in [7, 11) is 0. The van der Waals surface area contributed by atoms with Crippen molar-refractivity contribution < 1.29 is 9.90 Å². The highest BCUT2D eigenvalue weighted by Gasteiger charge is 2.33. The highest BCUT2D eigenvalue weighted by Crippen LogP contribution is 2.38. The molecule has 0 heterocycles. The van der Waals surface area contributed by atoms with Crippen LogP contribution >= 0.6 is 0 Å². The van der Waals surface area contributed by atoms with Gasteiger partial charge in [0.25, 0.3) is 0 Å². The van der Waals surface area contributed by atoms with Crippen LogP contribution < -0.4 is 0 Å². The number of carbonyl (C=O) groups is 1. The van der Waals surface area contributed by atoms with Gasteiger partial charge in [-0.1, -0.05) is 51.2 Å². The molecule has 1 fully saturated rings. The summed E-state index contributed by atoms with van der Waals surface area (Å²) in [5, 5.41) is 10.5. The summed E-state index contributed by atoms with van der Waals surface area (Å²) in [5.41, 5.74) is 3.38. The standard InChI is InChI=1S/C19H26O2/c1-2-18(20)15-9-8-14-12-19(21)17(11-16(14)10-15)13-6-4-3-5-7-13/h8-10,13,17,19,21H,2-7,11-12H2,1H3. The monoisotopic (exact) mass is 286 g/mol. The van der Waals surface area contributed by atoms with Crippen molar-refractivity contribution in [3.8, 4) is 0 Å². The molecular weight excluding hydrogens is 260 g/mol. The van der Waals surface area contributed by atoms with Crippen LogP contribution in [0, 0.1) is 11.8 Å². The second-order valence-electron chi connectivity index (χ2n) is 6.80. The lowest BCUT2D eigenvalue weighted by Gasteiger charge is -2.37. The molecule has 2 unspecified atom stereocenters. The molecule has 3 rings (SSSR count). The lowest BCUT2D eigenvalue weighted by Crippen LogP contribution is -2.36. The fourth-order valence-corrected chi connectivity index (χ4v) is 4.20. The van der Waals surface area contributed by atoms with Gasteiger partial charge in [0, 0.05) is 12.0 Å². The van der Waals surface area contributed by atoms with Gasteiger partial charge in [0.05, 0.1) is 6.10 Å². The molecule has 114 valence electrons. The van der Waals surface area contributed by atoms with E-state index < -0.39 is 0 Å². The quantitative estimate of drug-likeness (QED) is 0.855. The minimum absolute atomic E-state index is 0.201. The van der Waals surface area contributed by atoms with Crippen molar-refractivity contribution in [2.75, 3.05) is 0 Å². The predicted octanol–water partition coefficient (Wildman–Crippen LogP) is 3.94. The lowest BCUT2D eigenvalue weighted by atomic mass is 9.70. The zero-order chi connectivity index (χ0) is 14.8. The molecule has 1 aromatic carbocycles. The van der Waals surface area contributed by atoms with Crippen LogP contribution in [0.3, 0.4) is 0 Å². The normalized spacial score (nSPS) is 26.4. The van der Waals surface area contributed by atoms with E-state index in [1.807, 2.05) is 13.0 Å². The molecule has 1 saturated carbocycles. The smallest absolute Gasteiger partial charge is 0.162 e. The van der Waals surface area contributed by atoms with Gasteiger partial charge >= 0.3 is 0 Å². The highest BCUT2D eigenvalue weighted by atomic mass is 16.3. The van der Waals surface area contributed by atoms with Gasteiger partial charge in [-0.05, 0) is 41.9 Å². The van der Waals surface area contributed by atoms with Crippen LogP contribution in [-0.2, 0) is 12.8 Å². The second-order valence-corrected chi connectivity index (χ2v) is 6.80. The summed E-state index contributed by atoms with van der Waals surface area (Å²) in [6, 6.07) is 6.07. The zero-order valence-corrected chi connectivity index (χ0v) is 13.0. The van der Waals surface area contributed by atoms with Crippen molar-refractivity contribution in [3.63, 3.8) is 0 Å². The maximum Gasteiger partial charge on any atom is 0.162 e. The SMILES string of the molecule is CCC(=O)c1ccc2c(c1)CC(C1CCCCC1)C(O)C2. The molecule has 2 aliphatic carbocycles. The number of Topliss-reactive ketones (excluding diaryl/α,β-unsaturated/α-hetero) is 1.